The van der Waals surface area contributed by atoms with E-state index in [9.17, 15) is 9.18 Å². The highest BCUT2D eigenvalue weighted by Gasteiger charge is 2.10. The van der Waals surface area contributed by atoms with Gasteiger partial charge >= 0.3 is 0 Å². The smallest absolute Gasteiger partial charge is 0.283 e. The van der Waals surface area contributed by atoms with Gasteiger partial charge in [0.15, 0.2) is 5.83 Å². The lowest BCUT2D eigenvalue weighted by molar-refractivity contribution is -0.114. The molecule has 6 heteroatoms. The van der Waals surface area contributed by atoms with E-state index in [4.69, 9.17) is 0 Å². The van der Waals surface area contributed by atoms with E-state index in [2.05, 4.69) is 39.5 Å². The fourth-order valence-electron chi connectivity index (χ4n) is 1.48. The summed E-state index contributed by atoms with van der Waals surface area (Å²) in [5.41, 5.74) is 1.26. The van der Waals surface area contributed by atoms with E-state index in [1.165, 1.54) is 6.20 Å². The first-order valence-corrected chi connectivity index (χ1v) is 5.83. The molecule has 88 valence electrons. The van der Waals surface area contributed by atoms with Crippen molar-refractivity contribution in [3.8, 4) is 0 Å². The van der Waals surface area contributed by atoms with Crippen molar-refractivity contribution < 1.29 is 9.18 Å². The van der Waals surface area contributed by atoms with Crippen molar-refractivity contribution in [1.82, 2.24) is 9.55 Å². The molecule has 0 unspecified atom stereocenters. The molecule has 0 bridgehead atoms. The molecular weight excluding hydrogens is 336 g/mol. The Bertz CT molecular complexity index is 620. The highest BCUT2D eigenvalue weighted by Crippen LogP contribution is 2.23. The van der Waals surface area contributed by atoms with Crippen LogP contribution in [-0.4, -0.2) is 15.5 Å². The summed E-state index contributed by atoms with van der Waals surface area (Å²) in [6, 6.07) is 1.75. The maximum atomic E-state index is 12.5. The van der Waals surface area contributed by atoms with Gasteiger partial charge in [0.05, 0.1) is 11.9 Å². The van der Waals surface area contributed by atoms with E-state index in [-0.39, 0.29) is 0 Å². The second kappa shape index (κ2) is 4.44. The average molecular weight is 345 g/mol. The molecule has 0 aromatic carbocycles. The molecule has 0 saturated carbocycles. The number of amides is 1. The van der Waals surface area contributed by atoms with Crippen molar-refractivity contribution in [2.75, 3.05) is 5.32 Å². The summed E-state index contributed by atoms with van der Waals surface area (Å²) in [5, 5.41) is 3.29. The van der Waals surface area contributed by atoms with Gasteiger partial charge in [0.25, 0.3) is 5.91 Å². The largest absolute Gasteiger partial charge is 0.334 e. The van der Waals surface area contributed by atoms with E-state index in [0.29, 0.717) is 5.69 Å². The van der Waals surface area contributed by atoms with Crippen molar-refractivity contribution in [3.63, 3.8) is 0 Å². The summed E-state index contributed by atoms with van der Waals surface area (Å²) < 4.78 is 15.4. The van der Waals surface area contributed by atoms with Gasteiger partial charge in [-0.3, -0.25) is 4.79 Å². The second-order valence-corrected chi connectivity index (χ2v) is 4.70. The molecule has 1 N–H and O–H groups in total. The number of aryl methyl sites for hydroxylation is 1. The molecule has 17 heavy (non-hydrogen) atoms. The predicted molar refractivity (Wildman–Crippen MR) is 72.3 cm³/mol. The van der Waals surface area contributed by atoms with Gasteiger partial charge < -0.3 is 9.88 Å². The third-order valence-electron chi connectivity index (χ3n) is 2.27. The molecule has 2 heterocycles. The minimum atomic E-state index is -1.02. The first kappa shape index (κ1) is 12.0. The van der Waals surface area contributed by atoms with Gasteiger partial charge in [-0.25, -0.2) is 9.37 Å². The lowest BCUT2D eigenvalue weighted by atomic mass is 10.3. The third-order valence-corrected chi connectivity index (χ3v) is 3.13. The molecule has 2 aromatic rings. The maximum absolute atomic E-state index is 12.5. The predicted octanol–water partition coefficient (Wildman–Crippen LogP) is 2.60. The highest BCUT2D eigenvalue weighted by molar-refractivity contribution is 14.1. The molecule has 4 nitrogen and oxygen atoms in total. The molecule has 1 amide bonds. The van der Waals surface area contributed by atoms with Gasteiger partial charge in [-0.1, -0.05) is 6.58 Å². The lowest BCUT2D eigenvalue weighted by Gasteiger charge is -2.03. The fraction of sp³-hybridized carbons (Fsp3) is 0.0909. The van der Waals surface area contributed by atoms with Crippen LogP contribution in [-0.2, 0) is 11.8 Å². The summed E-state index contributed by atoms with van der Waals surface area (Å²) in [5.74, 6) is -1.87. The van der Waals surface area contributed by atoms with E-state index in [0.717, 1.165) is 14.6 Å². The standard InChI is InChI=1S/C11H9FIN3O/c1-6(12)11(17)15-7-3-8-9(13)5-16(2)10(8)14-4-7/h3-5H,1H2,2H3,(H,15,17). The van der Waals surface area contributed by atoms with E-state index in [1.807, 2.05) is 17.8 Å². The second-order valence-electron chi connectivity index (χ2n) is 3.54. The van der Waals surface area contributed by atoms with E-state index < -0.39 is 11.7 Å². The van der Waals surface area contributed by atoms with E-state index in [1.54, 1.807) is 6.07 Å². The zero-order valence-electron chi connectivity index (χ0n) is 9.00. The Labute approximate surface area is 111 Å². The number of carbonyl (C=O) groups excluding carboxylic acids is 1. The number of hydrogen-bond acceptors (Lipinski definition) is 2. The Morgan fingerprint density at radius 1 is 1.65 bits per heavy atom. The van der Waals surface area contributed by atoms with Crippen LogP contribution in [0.2, 0.25) is 0 Å². The van der Waals surface area contributed by atoms with Crippen LogP contribution in [0.1, 0.15) is 0 Å². The van der Waals surface area contributed by atoms with Crippen LogP contribution in [0.5, 0.6) is 0 Å². The summed E-state index contributed by atoms with van der Waals surface area (Å²) in [6.07, 6.45) is 3.41. The van der Waals surface area contributed by atoms with Crippen LogP contribution < -0.4 is 5.32 Å². The Balaban J connectivity index is 2.41. The van der Waals surface area contributed by atoms with Crippen molar-refractivity contribution in [3.05, 3.63) is 34.4 Å². The summed E-state index contributed by atoms with van der Waals surface area (Å²) in [6.45, 7) is 2.93. The van der Waals surface area contributed by atoms with Gasteiger partial charge in [0, 0.05) is 22.2 Å². The minimum Gasteiger partial charge on any atom is -0.334 e. The topological polar surface area (TPSA) is 46.9 Å². The molecule has 0 aliphatic rings. The number of carbonyl (C=O) groups is 1. The maximum Gasteiger partial charge on any atom is 0.283 e. The lowest BCUT2D eigenvalue weighted by Crippen LogP contribution is -2.11. The van der Waals surface area contributed by atoms with Crippen molar-refractivity contribution >= 4 is 45.2 Å². The SMILES string of the molecule is C=C(F)C(=O)Nc1cnc2c(c1)c(I)cn2C. The van der Waals surface area contributed by atoms with Gasteiger partial charge in [-0.15, -0.1) is 0 Å². The monoisotopic (exact) mass is 345 g/mol. The number of aromatic nitrogens is 2. The van der Waals surface area contributed by atoms with Crippen molar-refractivity contribution in [2.45, 2.75) is 0 Å². The Kier molecular flexibility index (Phi) is 3.14. The molecule has 0 aliphatic carbocycles. The normalized spacial score (nSPS) is 10.5. The highest BCUT2D eigenvalue weighted by atomic mass is 127. The van der Waals surface area contributed by atoms with Crippen molar-refractivity contribution in [1.29, 1.82) is 0 Å². The van der Waals surface area contributed by atoms with Crippen molar-refractivity contribution in [2.24, 2.45) is 7.05 Å². The molecular formula is C11H9FIN3O. The summed E-state index contributed by atoms with van der Waals surface area (Å²) >= 11 is 2.18. The summed E-state index contributed by atoms with van der Waals surface area (Å²) in [4.78, 5) is 15.3. The fourth-order valence-corrected chi connectivity index (χ4v) is 2.30. The molecule has 0 aliphatic heterocycles. The van der Waals surface area contributed by atoms with Gasteiger partial charge in [-0.2, -0.15) is 0 Å². The number of nitrogens with one attached hydrogen (secondary N) is 1. The number of halogens is 2. The first-order valence-electron chi connectivity index (χ1n) is 4.75. The average Bonchev–Trinajstić information content (AvgIpc) is 2.54. The Morgan fingerprint density at radius 2 is 2.35 bits per heavy atom. The molecule has 0 atom stereocenters. The molecule has 0 saturated heterocycles. The zero-order chi connectivity index (χ0) is 12.6. The van der Waals surface area contributed by atoms with E-state index >= 15 is 0 Å². The molecule has 2 rings (SSSR count). The minimum absolute atomic E-state index is 0.449. The Morgan fingerprint density at radius 3 is 3.00 bits per heavy atom. The number of hydrogen-bond donors (Lipinski definition) is 1. The number of rotatable bonds is 2. The summed E-state index contributed by atoms with van der Waals surface area (Å²) in [7, 11) is 1.89. The quantitative estimate of drug-likeness (QED) is 0.672. The number of fused-ring (bicyclic) bond motifs is 1. The van der Waals surface area contributed by atoms with Crippen LogP contribution in [0.3, 0.4) is 0 Å². The third kappa shape index (κ3) is 2.31. The Hall–Kier alpha value is -1.44. The first-order chi connectivity index (χ1) is 7.99. The molecule has 0 fully saturated rings. The van der Waals surface area contributed by atoms with Gasteiger partial charge in [-0.05, 0) is 28.7 Å². The molecule has 0 radical (unpaired) electrons. The zero-order valence-corrected chi connectivity index (χ0v) is 11.2. The number of nitrogens with zero attached hydrogens (tertiary/aromatic N) is 2. The van der Waals surface area contributed by atoms with Crippen LogP contribution in [0.4, 0.5) is 10.1 Å². The molecule has 0 spiro atoms. The molecule has 2 aromatic heterocycles. The van der Waals surface area contributed by atoms with Crippen LogP contribution in [0.25, 0.3) is 11.0 Å². The van der Waals surface area contributed by atoms with Gasteiger partial charge in [0.1, 0.15) is 5.65 Å². The van der Waals surface area contributed by atoms with Crippen LogP contribution >= 0.6 is 22.6 Å². The number of pyridine rings is 1. The van der Waals surface area contributed by atoms with Gasteiger partial charge in [0.2, 0.25) is 0 Å². The van der Waals surface area contributed by atoms with Crippen LogP contribution in [0, 0.1) is 3.57 Å². The number of anilines is 1. The van der Waals surface area contributed by atoms with Crippen LogP contribution in [0.15, 0.2) is 30.9 Å².